The first-order valence-corrected chi connectivity index (χ1v) is 6.40. The molecule has 1 rings (SSSR count). The monoisotopic (exact) mass is 205 g/mol. The van der Waals surface area contributed by atoms with Crippen LogP contribution in [0.1, 0.15) is 27.2 Å². The molecule has 0 radical (unpaired) electrons. The Kier molecular flexibility index (Phi) is 2.74. The van der Waals surface area contributed by atoms with Gasteiger partial charge < -0.3 is 5.73 Å². The van der Waals surface area contributed by atoms with Gasteiger partial charge in [0, 0.05) is 0 Å². The van der Waals surface area contributed by atoms with Crippen molar-refractivity contribution in [1.29, 1.82) is 0 Å². The minimum atomic E-state index is -2.88. The van der Waals surface area contributed by atoms with E-state index >= 15 is 0 Å². The topological polar surface area (TPSA) is 60.2 Å². The summed E-state index contributed by atoms with van der Waals surface area (Å²) in [5.41, 5.74) is 5.57. The molecule has 2 unspecified atom stereocenters. The van der Waals surface area contributed by atoms with Crippen LogP contribution in [0.2, 0.25) is 0 Å². The standard InChI is InChI=1S/C9H19NO2S/c1-7(6-10)8-4-5-13(11,12)9(8,2)3/h7-8H,4-6,10H2,1-3H3. The average molecular weight is 205 g/mol. The molecule has 0 aromatic heterocycles. The lowest BCUT2D eigenvalue weighted by molar-refractivity contribution is 0.305. The predicted molar refractivity (Wildman–Crippen MR) is 54.2 cm³/mol. The molecule has 0 aromatic rings. The van der Waals surface area contributed by atoms with Crippen LogP contribution in [0.4, 0.5) is 0 Å². The molecule has 0 spiro atoms. The second-order valence-electron chi connectivity index (χ2n) is 4.53. The van der Waals surface area contributed by atoms with Crippen molar-refractivity contribution in [3.8, 4) is 0 Å². The molecule has 1 fully saturated rings. The van der Waals surface area contributed by atoms with Gasteiger partial charge in [-0.2, -0.15) is 0 Å². The third-order valence-electron chi connectivity index (χ3n) is 3.45. The SMILES string of the molecule is CC(CN)C1CCS(=O)(=O)C1(C)C. The maximum atomic E-state index is 11.7. The largest absolute Gasteiger partial charge is 0.330 e. The van der Waals surface area contributed by atoms with Gasteiger partial charge >= 0.3 is 0 Å². The van der Waals surface area contributed by atoms with Gasteiger partial charge in [0.1, 0.15) is 0 Å². The fraction of sp³-hybridized carbons (Fsp3) is 1.00. The van der Waals surface area contributed by atoms with Gasteiger partial charge in [-0.1, -0.05) is 6.92 Å². The highest BCUT2D eigenvalue weighted by molar-refractivity contribution is 7.93. The summed E-state index contributed by atoms with van der Waals surface area (Å²) in [5, 5.41) is 0. The van der Waals surface area contributed by atoms with Gasteiger partial charge in [-0.05, 0) is 38.6 Å². The zero-order valence-electron chi connectivity index (χ0n) is 8.58. The van der Waals surface area contributed by atoms with Crippen molar-refractivity contribution in [2.24, 2.45) is 17.6 Å². The quantitative estimate of drug-likeness (QED) is 0.725. The molecular weight excluding hydrogens is 186 g/mol. The molecule has 0 aromatic carbocycles. The number of hydrogen-bond acceptors (Lipinski definition) is 3. The Morgan fingerprint density at radius 2 is 2.08 bits per heavy atom. The highest BCUT2D eigenvalue weighted by Crippen LogP contribution is 2.41. The highest BCUT2D eigenvalue weighted by Gasteiger charge is 2.48. The van der Waals surface area contributed by atoms with Crippen LogP contribution < -0.4 is 5.73 Å². The molecule has 1 aliphatic heterocycles. The van der Waals surface area contributed by atoms with Gasteiger partial charge in [0.15, 0.2) is 9.84 Å². The Hall–Kier alpha value is -0.0900. The van der Waals surface area contributed by atoms with Crippen molar-refractivity contribution in [2.75, 3.05) is 12.3 Å². The van der Waals surface area contributed by atoms with E-state index in [0.717, 1.165) is 6.42 Å². The Morgan fingerprint density at radius 3 is 2.38 bits per heavy atom. The zero-order chi connectivity index (χ0) is 10.3. The van der Waals surface area contributed by atoms with E-state index in [1.807, 2.05) is 20.8 Å². The van der Waals surface area contributed by atoms with E-state index < -0.39 is 14.6 Å². The molecule has 3 nitrogen and oxygen atoms in total. The van der Waals surface area contributed by atoms with E-state index in [4.69, 9.17) is 5.73 Å². The van der Waals surface area contributed by atoms with Crippen LogP contribution in [0, 0.1) is 11.8 Å². The molecule has 78 valence electrons. The molecule has 0 saturated carbocycles. The van der Waals surface area contributed by atoms with Gasteiger partial charge in [0.25, 0.3) is 0 Å². The molecule has 4 heteroatoms. The van der Waals surface area contributed by atoms with E-state index in [-0.39, 0.29) is 5.92 Å². The Morgan fingerprint density at radius 1 is 1.54 bits per heavy atom. The minimum absolute atomic E-state index is 0.225. The van der Waals surface area contributed by atoms with Crippen LogP contribution in [-0.4, -0.2) is 25.5 Å². The summed E-state index contributed by atoms with van der Waals surface area (Å²) in [7, 11) is -2.88. The van der Waals surface area contributed by atoms with Crippen molar-refractivity contribution in [3.05, 3.63) is 0 Å². The fourth-order valence-electron chi connectivity index (χ4n) is 2.26. The van der Waals surface area contributed by atoms with E-state index in [1.165, 1.54) is 0 Å². The normalized spacial score (nSPS) is 33.1. The van der Waals surface area contributed by atoms with Crippen molar-refractivity contribution >= 4 is 9.84 Å². The first-order valence-electron chi connectivity index (χ1n) is 4.75. The van der Waals surface area contributed by atoms with Crippen LogP contribution in [-0.2, 0) is 9.84 Å². The van der Waals surface area contributed by atoms with E-state index in [0.29, 0.717) is 18.2 Å². The van der Waals surface area contributed by atoms with Gasteiger partial charge in [-0.25, -0.2) is 8.42 Å². The molecule has 13 heavy (non-hydrogen) atoms. The van der Waals surface area contributed by atoms with Crippen molar-refractivity contribution < 1.29 is 8.42 Å². The Balaban J connectivity index is 2.95. The third kappa shape index (κ3) is 1.62. The lowest BCUT2D eigenvalue weighted by Crippen LogP contribution is -2.38. The molecule has 1 saturated heterocycles. The maximum Gasteiger partial charge on any atom is 0.155 e. The molecular formula is C9H19NO2S. The number of nitrogens with two attached hydrogens (primary N) is 1. The number of hydrogen-bond donors (Lipinski definition) is 1. The first-order chi connectivity index (χ1) is 5.83. The molecule has 0 bridgehead atoms. The van der Waals surface area contributed by atoms with Gasteiger partial charge in [-0.3, -0.25) is 0 Å². The summed E-state index contributed by atoms with van der Waals surface area (Å²) >= 11 is 0. The Bertz CT molecular complexity index is 282. The Labute approximate surface area is 80.6 Å². The second kappa shape index (κ2) is 3.24. The van der Waals surface area contributed by atoms with E-state index in [9.17, 15) is 8.42 Å². The van der Waals surface area contributed by atoms with Gasteiger partial charge in [0.05, 0.1) is 10.5 Å². The summed E-state index contributed by atoms with van der Waals surface area (Å²) < 4.78 is 22.8. The van der Waals surface area contributed by atoms with Crippen molar-refractivity contribution in [1.82, 2.24) is 0 Å². The average Bonchev–Trinajstić information content (AvgIpc) is 2.22. The summed E-state index contributed by atoms with van der Waals surface area (Å²) in [6.07, 6.45) is 0.772. The number of rotatable bonds is 2. The molecule has 2 N–H and O–H groups in total. The summed E-state index contributed by atoms with van der Waals surface area (Å²) in [4.78, 5) is 0. The highest BCUT2D eigenvalue weighted by atomic mass is 32.2. The second-order valence-corrected chi connectivity index (χ2v) is 7.22. The van der Waals surface area contributed by atoms with Crippen molar-refractivity contribution in [2.45, 2.75) is 31.9 Å². The van der Waals surface area contributed by atoms with Crippen LogP contribution >= 0.6 is 0 Å². The van der Waals surface area contributed by atoms with Crippen molar-refractivity contribution in [3.63, 3.8) is 0 Å². The summed E-state index contributed by atoms with van der Waals surface area (Å²) in [5.74, 6) is 0.851. The van der Waals surface area contributed by atoms with Crippen LogP contribution in [0.5, 0.6) is 0 Å². The summed E-state index contributed by atoms with van der Waals surface area (Å²) in [6.45, 7) is 6.26. The predicted octanol–water partition coefficient (Wildman–Crippen LogP) is 0.795. The molecule has 2 atom stereocenters. The lowest BCUT2D eigenvalue weighted by Gasteiger charge is -2.29. The van der Waals surface area contributed by atoms with Gasteiger partial charge in [-0.15, -0.1) is 0 Å². The minimum Gasteiger partial charge on any atom is -0.330 e. The lowest BCUT2D eigenvalue weighted by atomic mass is 9.82. The van der Waals surface area contributed by atoms with E-state index in [1.54, 1.807) is 0 Å². The van der Waals surface area contributed by atoms with E-state index in [2.05, 4.69) is 0 Å². The zero-order valence-corrected chi connectivity index (χ0v) is 9.39. The maximum absolute atomic E-state index is 11.7. The molecule has 1 heterocycles. The van der Waals surface area contributed by atoms with Gasteiger partial charge in [0.2, 0.25) is 0 Å². The number of sulfone groups is 1. The molecule has 1 aliphatic rings. The third-order valence-corrected chi connectivity index (χ3v) is 6.13. The summed E-state index contributed by atoms with van der Waals surface area (Å²) in [6, 6.07) is 0. The van der Waals surface area contributed by atoms with Crippen LogP contribution in [0.25, 0.3) is 0 Å². The molecule has 0 amide bonds. The van der Waals surface area contributed by atoms with Crippen LogP contribution in [0.3, 0.4) is 0 Å². The molecule has 0 aliphatic carbocycles. The fourth-order valence-corrected chi connectivity index (χ4v) is 4.16. The van der Waals surface area contributed by atoms with Crippen LogP contribution in [0.15, 0.2) is 0 Å². The first kappa shape index (κ1) is 11.0. The smallest absolute Gasteiger partial charge is 0.155 e.